The highest BCUT2D eigenvalue weighted by atomic mass is 35.5. The van der Waals surface area contributed by atoms with Crippen LogP contribution in [0.2, 0.25) is 10.0 Å². The van der Waals surface area contributed by atoms with Crippen LogP contribution in [0.4, 0.5) is 5.69 Å². The van der Waals surface area contributed by atoms with Gasteiger partial charge >= 0.3 is 0 Å². The number of phenolic OH excluding ortho intramolecular Hbond substituents is 1. The average molecular weight is 311 g/mol. The van der Waals surface area contributed by atoms with Crippen LogP contribution in [0.25, 0.3) is 0 Å². The van der Waals surface area contributed by atoms with Crippen LogP contribution in [0.5, 0.6) is 11.5 Å². The van der Waals surface area contributed by atoms with Gasteiger partial charge in [-0.15, -0.1) is 0 Å². The average Bonchev–Trinajstić information content (AvgIpc) is 2.44. The van der Waals surface area contributed by atoms with Crippen LogP contribution in [0.3, 0.4) is 0 Å². The lowest BCUT2D eigenvalue weighted by Crippen LogP contribution is -1.93. The predicted molar refractivity (Wildman–Crippen MR) is 82.3 cm³/mol. The van der Waals surface area contributed by atoms with Gasteiger partial charge in [-0.05, 0) is 36.4 Å². The quantitative estimate of drug-likeness (QED) is 0.658. The van der Waals surface area contributed by atoms with Crippen molar-refractivity contribution in [1.82, 2.24) is 0 Å². The Morgan fingerprint density at radius 3 is 2.50 bits per heavy atom. The van der Waals surface area contributed by atoms with E-state index < -0.39 is 0 Å². The van der Waals surface area contributed by atoms with E-state index in [1.807, 2.05) is 0 Å². The first-order valence-corrected chi connectivity index (χ1v) is 6.47. The van der Waals surface area contributed by atoms with Gasteiger partial charge in [-0.1, -0.05) is 23.2 Å². The zero-order valence-electron chi connectivity index (χ0n) is 10.6. The smallest absolute Gasteiger partial charge is 0.168 e. The van der Waals surface area contributed by atoms with Crippen LogP contribution in [-0.2, 0) is 0 Å². The maximum Gasteiger partial charge on any atom is 0.168 e. The minimum absolute atomic E-state index is 0.0540. The molecule has 0 radical (unpaired) electrons. The maximum absolute atomic E-state index is 9.96. The topological polar surface area (TPSA) is 53.8 Å². The lowest BCUT2D eigenvalue weighted by atomic mass is 10.2. The summed E-state index contributed by atoms with van der Waals surface area (Å²) in [7, 11) is 1.47. The lowest BCUT2D eigenvalue weighted by Gasteiger charge is -2.07. The molecule has 20 heavy (non-hydrogen) atoms. The molecular weight excluding hydrogens is 299 g/mol. The van der Waals surface area contributed by atoms with Gasteiger partial charge in [0.05, 0.1) is 29.6 Å². The number of nitrogens with zero attached hydrogens (tertiary/aromatic N) is 1. The van der Waals surface area contributed by atoms with E-state index in [0.717, 1.165) is 5.69 Å². The number of phenols is 1. The molecule has 4 nitrogen and oxygen atoms in total. The van der Waals surface area contributed by atoms with E-state index in [1.165, 1.54) is 13.3 Å². The van der Waals surface area contributed by atoms with Crippen molar-refractivity contribution in [2.45, 2.75) is 0 Å². The minimum atomic E-state index is -0.0540. The zero-order valence-corrected chi connectivity index (χ0v) is 12.1. The number of hydrazone groups is 1. The van der Waals surface area contributed by atoms with Gasteiger partial charge in [0, 0.05) is 5.02 Å². The van der Waals surface area contributed by atoms with Crippen LogP contribution in [0.1, 0.15) is 5.56 Å². The molecule has 0 aliphatic heterocycles. The largest absolute Gasteiger partial charge is 0.504 e. The van der Waals surface area contributed by atoms with Crippen molar-refractivity contribution in [3.05, 3.63) is 52.0 Å². The fraction of sp³-hybridized carbons (Fsp3) is 0.0714. The summed E-state index contributed by atoms with van der Waals surface area (Å²) in [6.45, 7) is 0. The Kier molecular flexibility index (Phi) is 4.71. The third kappa shape index (κ3) is 3.35. The van der Waals surface area contributed by atoms with Gasteiger partial charge in [-0.2, -0.15) is 5.10 Å². The van der Waals surface area contributed by atoms with Crippen LogP contribution >= 0.6 is 23.2 Å². The Labute approximate surface area is 126 Å². The summed E-state index contributed by atoms with van der Waals surface area (Å²) in [6.07, 6.45) is 1.43. The van der Waals surface area contributed by atoms with Gasteiger partial charge in [-0.25, -0.2) is 0 Å². The number of halogens is 2. The number of aromatic hydroxyl groups is 1. The number of benzene rings is 2. The second-order valence-corrected chi connectivity index (χ2v) is 4.73. The number of ether oxygens (including phenoxy) is 1. The first kappa shape index (κ1) is 14.5. The van der Waals surface area contributed by atoms with Crippen molar-refractivity contribution in [3.8, 4) is 11.5 Å². The molecule has 0 amide bonds. The van der Waals surface area contributed by atoms with Crippen molar-refractivity contribution in [1.29, 1.82) is 0 Å². The fourth-order valence-corrected chi connectivity index (χ4v) is 1.87. The second-order valence-electron chi connectivity index (χ2n) is 3.89. The summed E-state index contributed by atoms with van der Waals surface area (Å²) in [4.78, 5) is 0. The van der Waals surface area contributed by atoms with Crippen molar-refractivity contribution in [3.63, 3.8) is 0 Å². The molecule has 0 heterocycles. The maximum atomic E-state index is 9.96. The van der Waals surface area contributed by atoms with Gasteiger partial charge in [0.2, 0.25) is 0 Å². The first-order valence-electron chi connectivity index (χ1n) is 5.72. The molecule has 0 aliphatic carbocycles. The molecular formula is C14H12Cl2N2O2. The predicted octanol–water partition coefficient (Wildman–Crippen LogP) is 4.15. The molecule has 0 bridgehead atoms. The highest BCUT2D eigenvalue weighted by molar-refractivity contribution is 6.33. The summed E-state index contributed by atoms with van der Waals surface area (Å²) in [6, 6.07) is 10.3. The van der Waals surface area contributed by atoms with Crippen molar-refractivity contribution in [2.75, 3.05) is 12.5 Å². The van der Waals surface area contributed by atoms with E-state index in [1.54, 1.807) is 36.4 Å². The molecule has 0 saturated heterocycles. The monoisotopic (exact) mass is 310 g/mol. The van der Waals surface area contributed by atoms with E-state index in [4.69, 9.17) is 27.9 Å². The number of hydrogen-bond acceptors (Lipinski definition) is 4. The Morgan fingerprint density at radius 1 is 1.15 bits per heavy atom. The zero-order chi connectivity index (χ0) is 14.5. The SMILES string of the molecule is COc1ccc(Cl)c(/C=N\Nc2ccc(Cl)cc2)c1O. The van der Waals surface area contributed by atoms with Crippen LogP contribution in [0.15, 0.2) is 41.5 Å². The molecule has 0 aliphatic rings. The Balaban J connectivity index is 2.17. The van der Waals surface area contributed by atoms with Crippen LogP contribution in [0, 0.1) is 0 Å². The second kappa shape index (κ2) is 6.50. The summed E-state index contributed by atoms with van der Waals surface area (Å²) in [5.74, 6) is 0.281. The molecule has 0 unspecified atom stereocenters. The van der Waals surface area contributed by atoms with Gasteiger partial charge in [-0.3, -0.25) is 5.43 Å². The molecule has 0 atom stereocenters. The van der Waals surface area contributed by atoms with Gasteiger partial charge in [0.15, 0.2) is 11.5 Å². The number of anilines is 1. The summed E-state index contributed by atoms with van der Waals surface area (Å²) >= 11 is 11.8. The Morgan fingerprint density at radius 2 is 1.85 bits per heavy atom. The number of methoxy groups -OCH3 is 1. The number of hydrogen-bond donors (Lipinski definition) is 2. The highest BCUT2D eigenvalue weighted by Gasteiger charge is 2.10. The summed E-state index contributed by atoms with van der Waals surface area (Å²) in [5, 5.41) is 15.0. The summed E-state index contributed by atoms with van der Waals surface area (Å²) < 4.78 is 5.01. The standard InChI is InChI=1S/C14H12Cl2N2O2/c1-20-13-7-6-12(16)11(14(13)19)8-17-18-10-4-2-9(15)3-5-10/h2-8,18-19H,1H3/b17-8-. The van der Waals surface area contributed by atoms with Gasteiger partial charge in [0.25, 0.3) is 0 Å². The fourth-order valence-electron chi connectivity index (χ4n) is 1.55. The number of rotatable bonds is 4. The molecule has 2 N–H and O–H groups in total. The van der Waals surface area contributed by atoms with Crippen LogP contribution in [-0.4, -0.2) is 18.4 Å². The van der Waals surface area contributed by atoms with E-state index in [9.17, 15) is 5.11 Å². The normalized spacial score (nSPS) is 10.8. The molecule has 6 heteroatoms. The molecule has 2 rings (SSSR count). The number of nitrogens with one attached hydrogen (secondary N) is 1. The lowest BCUT2D eigenvalue weighted by molar-refractivity contribution is 0.373. The third-order valence-electron chi connectivity index (χ3n) is 2.58. The minimum Gasteiger partial charge on any atom is -0.504 e. The molecule has 104 valence electrons. The van der Waals surface area contributed by atoms with E-state index in [-0.39, 0.29) is 5.75 Å². The first-order chi connectivity index (χ1) is 9.61. The van der Waals surface area contributed by atoms with E-state index in [2.05, 4.69) is 10.5 Å². The molecule has 0 aromatic heterocycles. The third-order valence-corrected chi connectivity index (χ3v) is 3.16. The van der Waals surface area contributed by atoms with Gasteiger partial charge in [0.1, 0.15) is 0 Å². The molecule has 2 aromatic rings. The molecule has 0 spiro atoms. The molecule has 2 aromatic carbocycles. The van der Waals surface area contributed by atoms with Crippen molar-refractivity contribution >= 4 is 35.1 Å². The Bertz CT molecular complexity index is 628. The van der Waals surface area contributed by atoms with E-state index >= 15 is 0 Å². The van der Waals surface area contributed by atoms with Crippen molar-refractivity contribution < 1.29 is 9.84 Å². The van der Waals surface area contributed by atoms with E-state index in [0.29, 0.717) is 21.4 Å². The highest BCUT2D eigenvalue weighted by Crippen LogP contribution is 2.33. The Hall–Kier alpha value is -1.91. The van der Waals surface area contributed by atoms with Crippen LogP contribution < -0.4 is 10.2 Å². The molecule has 0 fully saturated rings. The molecule has 0 saturated carbocycles. The summed E-state index contributed by atoms with van der Waals surface area (Å²) in [5.41, 5.74) is 3.96. The van der Waals surface area contributed by atoms with Gasteiger partial charge < -0.3 is 9.84 Å². The van der Waals surface area contributed by atoms with Crippen molar-refractivity contribution in [2.24, 2.45) is 5.10 Å².